The number of amides is 1. The Bertz CT molecular complexity index is 2810. The van der Waals surface area contributed by atoms with Gasteiger partial charge in [-0.2, -0.15) is 26.3 Å². The molecule has 1 spiro atoms. The first-order valence-corrected chi connectivity index (χ1v) is 36.0. The summed E-state index contributed by atoms with van der Waals surface area (Å²) in [5, 5.41) is 23.6. The minimum Gasteiger partial charge on any atom is -0.369 e. The van der Waals surface area contributed by atoms with E-state index < -0.39 is 23.5 Å². The molecule has 5 aliphatic rings. The van der Waals surface area contributed by atoms with Gasteiger partial charge in [0.25, 0.3) is 0 Å². The number of nitrogens with zero attached hydrogens (tertiary/aromatic N) is 6. The summed E-state index contributed by atoms with van der Waals surface area (Å²) in [4.78, 5) is 31.1. The van der Waals surface area contributed by atoms with Gasteiger partial charge in [-0.25, -0.2) is 0 Å². The smallest absolute Gasteiger partial charge is 0.369 e. The standard InChI is InChI=1S/C74H117ClF6N12O/c1-14-51(5)67-45-86-66(42-50(3)4)54(8)85-46-68-69(71(94)91-38-19-16-20-39-91)57(11)93(68)70(52(6)15-2)55(9)88-72(32-17-18-33-72)49-83-36-35-82-34-31-61(29-25-59-26-30-64(65(75)44-59)74(79,80)81)84-37-41-89(12)47-63(43-58-23-27-60(28-24-58)73(76,77)78)90(13)48-62-22-21-40-92(62)56(10)53(7)87-67/h23-24,26-28,30-31,34,37,41,44,47-48,50-57,66-70,83-88H,14-22,25,29,32-33,35-36,38-40,42-43,45-46,49H2,1-13H3/t51-,52-,53?,54?,55?,56-,57?,66-,67+,68?,69-,70-/m0/s1. The Balaban J connectivity index is 1.22. The van der Waals surface area contributed by atoms with E-state index in [2.05, 4.69) is 134 Å². The van der Waals surface area contributed by atoms with Crippen molar-refractivity contribution in [1.29, 1.82) is 0 Å². The van der Waals surface area contributed by atoms with Gasteiger partial charge in [0.2, 0.25) is 5.91 Å². The third-order valence-electron chi connectivity index (χ3n) is 21.4. The van der Waals surface area contributed by atoms with Crippen LogP contribution in [0.2, 0.25) is 5.02 Å². The molecule has 2 aromatic rings. The van der Waals surface area contributed by atoms with Crippen molar-refractivity contribution in [3.8, 4) is 0 Å². The quantitative estimate of drug-likeness (QED) is 0.114. The molecule has 1 aliphatic carbocycles. The normalized spacial score (nSPS) is 28.4. The largest absolute Gasteiger partial charge is 0.417 e. The highest BCUT2D eigenvalue weighted by Crippen LogP contribution is 2.42. The van der Waals surface area contributed by atoms with Crippen molar-refractivity contribution in [3.63, 3.8) is 0 Å². The molecule has 4 aliphatic heterocycles. The number of fused-ring (bicyclic) bond motifs is 2. The lowest BCUT2D eigenvalue weighted by Gasteiger charge is -2.60. The summed E-state index contributed by atoms with van der Waals surface area (Å²) >= 11 is 6.18. The summed E-state index contributed by atoms with van der Waals surface area (Å²) in [5.74, 6) is 1.47. The van der Waals surface area contributed by atoms with E-state index in [1.165, 1.54) is 24.3 Å². The number of likely N-dealkylation sites (N-methyl/N-ethyl adjacent to an activating group) is 1. The lowest BCUT2D eigenvalue weighted by Crippen LogP contribution is -2.76. The number of piperidine rings is 1. The molecule has 2 aromatic carbocycles. The molecule has 1 saturated carbocycles. The average molecular weight is 1340 g/mol. The number of likely N-dealkylation sites (tertiary alicyclic amines) is 1. The van der Waals surface area contributed by atoms with Crippen molar-refractivity contribution >= 4 is 23.7 Å². The third kappa shape index (κ3) is 21.4. The van der Waals surface area contributed by atoms with Crippen LogP contribution in [0.4, 0.5) is 26.3 Å². The first-order chi connectivity index (χ1) is 44.6. The van der Waals surface area contributed by atoms with Gasteiger partial charge in [0.05, 0.1) is 28.6 Å². The Morgan fingerprint density at radius 1 is 0.766 bits per heavy atom. The Morgan fingerprint density at radius 3 is 2.11 bits per heavy atom. The van der Waals surface area contributed by atoms with Crippen LogP contribution in [0.3, 0.4) is 0 Å². The molecule has 0 radical (unpaired) electrons. The van der Waals surface area contributed by atoms with E-state index in [1.54, 1.807) is 24.5 Å². The van der Waals surface area contributed by atoms with Gasteiger partial charge in [-0.15, -0.1) is 0 Å². The van der Waals surface area contributed by atoms with Gasteiger partial charge < -0.3 is 51.5 Å². The van der Waals surface area contributed by atoms with Crippen LogP contribution >= 0.6 is 11.6 Å². The summed E-state index contributed by atoms with van der Waals surface area (Å²) in [6, 6.07) is 10.5. The van der Waals surface area contributed by atoms with E-state index in [4.69, 9.17) is 16.6 Å². The summed E-state index contributed by atoms with van der Waals surface area (Å²) in [5.41, 5.74) is 2.52. The highest BCUT2D eigenvalue weighted by atomic mass is 35.5. The molecule has 4 fully saturated rings. The lowest BCUT2D eigenvalue weighted by atomic mass is 9.74. The van der Waals surface area contributed by atoms with Crippen molar-refractivity contribution < 1.29 is 31.1 Å². The second-order valence-corrected chi connectivity index (χ2v) is 29.3. The number of halogens is 7. The van der Waals surface area contributed by atoms with Gasteiger partial charge in [0.1, 0.15) is 0 Å². The maximum atomic E-state index is 14.9. The first kappa shape index (κ1) is 76.7. The van der Waals surface area contributed by atoms with E-state index in [-0.39, 0.29) is 70.9 Å². The monoisotopic (exact) mass is 1340 g/mol. The zero-order chi connectivity index (χ0) is 68.5. The van der Waals surface area contributed by atoms with Crippen molar-refractivity contribution in [2.75, 3.05) is 66.5 Å². The number of aliphatic imine (C=N–C) groups is 1. The SMILES string of the molecule is CC[C@H](C)[C@H]1C(C)NC2(CCCC2)CNCCN=CC=C(CCc2ccc(C(F)(F)F)c(Cl)c2)NC=CN(C)C=C(Cc2ccc(C(F)(F)F)cc2)N(C)C=C2CCCN2[C@@H](C)C(C)N[C@@H]([C@@H](C)CC)CN[C@@H](CC(C)C)C(C)NCC2[C@@H](C(=O)N3CCCCC3)C(C)N21. The second kappa shape index (κ2) is 35.7. The Kier molecular flexibility index (Phi) is 29.2. The third-order valence-corrected chi connectivity index (χ3v) is 21.7. The fourth-order valence-corrected chi connectivity index (χ4v) is 15.6. The maximum Gasteiger partial charge on any atom is 0.417 e. The van der Waals surface area contributed by atoms with Crippen molar-refractivity contribution in [2.45, 2.75) is 245 Å². The first-order valence-electron chi connectivity index (χ1n) is 35.7. The summed E-state index contributed by atoms with van der Waals surface area (Å²) < 4.78 is 82.5. The molecular formula is C74H117ClF6N12O. The topological polar surface area (TPSA) is 118 Å². The van der Waals surface area contributed by atoms with Gasteiger partial charge in [-0.1, -0.05) is 97.0 Å². The molecule has 0 bridgehead atoms. The molecule has 3 saturated heterocycles. The molecular weight excluding hydrogens is 1220 g/mol. The van der Waals surface area contributed by atoms with Crippen molar-refractivity contribution in [2.24, 2.45) is 28.7 Å². The number of benzene rings is 2. The van der Waals surface area contributed by atoms with Crippen LogP contribution in [0.15, 0.2) is 95.4 Å². The zero-order valence-electron chi connectivity index (χ0n) is 59.0. The van der Waals surface area contributed by atoms with Crippen LogP contribution in [0.25, 0.3) is 0 Å². The molecule has 13 nitrogen and oxygen atoms in total. The van der Waals surface area contributed by atoms with Gasteiger partial charge >= 0.3 is 12.4 Å². The molecule has 7 rings (SSSR count). The summed E-state index contributed by atoms with van der Waals surface area (Å²) in [6.07, 6.45) is 16.3. The van der Waals surface area contributed by atoms with Crippen LogP contribution in [0.1, 0.15) is 182 Å². The predicted octanol–water partition coefficient (Wildman–Crippen LogP) is 14.0. The predicted molar refractivity (Wildman–Crippen MR) is 374 cm³/mol. The number of carbonyl (C=O) groups excluding carboxylic acids is 1. The number of carbonyl (C=O) groups is 1. The molecule has 5 unspecified atom stereocenters. The second-order valence-electron chi connectivity index (χ2n) is 28.9. The van der Waals surface area contributed by atoms with E-state index >= 15 is 0 Å². The number of aryl methyl sites for hydroxylation is 1. The minimum atomic E-state index is -4.57. The lowest BCUT2D eigenvalue weighted by molar-refractivity contribution is -0.162. The Labute approximate surface area is 566 Å². The fraction of sp³-hybridized carbons (Fsp3) is 0.703. The molecule has 6 N–H and O–H groups in total. The highest BCUT2D eigenvalue weighted by Gasteiger charge is 2.55. The van der Waals surface area contributed by atoms with Gasteiger partial charge in [0.15, 0.2) is 0 Å². The van der Waals surface area contributed by atoms with Crippen LogP contribution < -0.4 is 31.9 Å². The Hall–Kier alpha value is -4.63. The number of allylic oxidation sites excluding steroid dienone is 4. The molecule has 20 heteroatoms. The number of hydrogen-bond acceptors (Lipinski definition) is 12. The van der Waals surface area contributed by atoms with E-state index in [0.717, 1.165) is 145 Å². The van der Waals surface area contributed by atoms with Crippen LogP contribution in [-0.4, -0.2) is 163 Å². The molecule has 12 atom stereocenters. The molecule has 0 aromatic heterocycles. The van der Waals surface area contributed by atoms with E-state index in [1.807, 2.05) is 37.5 Å². The van der Waals surface area contributed by atoms with E-state index in [0.29, 0.717) is 61.6 Å². The molecule has 4 heterocycles. The van der Waals surface area contributed by atoms with Crippen LogP contribution in [-0.2, 0) is 30.0 Å². The average Bonchev–Trinajstić information content (AvgIpc) is 0.828. The minimum absolute atomic E-state index is 0.0430. The molecule has 1 amide bonds. The number of nitrogens with one attached hydrogen (secondary N) is 6. The van der Waals surface area contributed by atoms with Crippen LogP contribution in [0, 0.1) is 23.7 Å². The van der Waals surface area contributed by atoms with Gasteiger partial charge in [-0.05, 0) is 158 Å². The number of hydrogen-bond donors (Lipinski definition) is 6. The fourth-order valence-electron chi connectivity index (χ4n) is 15.3. The number of alkyl halides is 6. The molecule has 94 heavy (non-hydrogen) atoms. The van der Waals surface area contributed by atoms with Crippen LogP contribution in [0.5, 0.6) is 0 Å². The highest BCUT2D eigenvalue weighted by molar-refractivity contribution is 6.31. The maximum absolute atomic E-state index is 14.9. The Morgan fingerprint density at radius 2 is 1.46 bits per heavy atom. The summed E-state index contributed by atoms with van der Waals surface area (Å²) in [6.45, 7) is 31.7. The summed E-state index contributed by atoms with van der Waals surface area (Å²) in [7, 11) is 3.90. The van der Waals surface area contributed by atoms with Gasteiger partial charge in [0, 0.05) is 174 Å². The van der Waals surface area contributed by atoms with Gasteiger partial charge in [-0.3, -0.25) is 14.7 Å². The number of rotatable bonds is 12. The van der Waals surface area contributed by atoms with Crippen molar-refractivity contribution in [3.05, 3.63) is 118 Å². The molecule has 528 valence electrons. The zero-order valence-corrected chi connectivity index (χ0v) is 59.8. The van der Waals surface area contributed by atoms with Crippen molar-refractivity contribution in [1.82, 2.24) is 56.4 Å². The van der Waals surface area contributed by atoms with E-state index in [9.17, 15) is 31.1 Å².